The number of nitrogens with one attached hydrogen (secondary N) is 1. The molecule has 3 N–H and O–H groups in total. The van der Waals surface area contributed by atoms with Gasteiger partial charge in [-0.25, -0.2) is 0 Å². The summed E-state index contributed by atoms with van der Waals surface area (Å²) in [6.45, 7) is 7.77. The van der Waals surface area contributed by atoms with Gasteiger partial charge in [0.25, 0.3) is 0 Å². The van der Waals surface area contributed by atoms with Crippen LogP contribution in [0.1, 0.15) is 20.3 Å². The Balaban J connectivity index is 1.39. The van der Waals surface area contributed by atoms with Crippen LogP contribution in [0.5, 0.6) is 0 Å². The van der Waals surface area contributed by atoms with E-state index < -0.39 is 18.0 Å². The highest BCUT2D eigenvalue weighted by Gasteiger charge is 2.59. The van der Waals surface area contributed by atoms with Gasteiger partial charge in [0.05, 0.1) is 75.6 Å². The van der Waals surface area contributed by atoms with E-state index >= 15 is 0 Å². The first-order chi connectivity index (χ1) is 15.6. The highest BCUT2D eigenvalue weighted by atomic mass is 32.2. The van der Waals surface area contributed by atoms with Crippen LogP contribution in [0.4, 0.5) is 0 Å². The number of carbonyl (C=O) groups is 3. The van der Waals surface area contributed by atoms with Crippen molar-refractivity contribution in [1.82, 2.24) is 15.1 Å². The average molecular weight is 483 g/mol. The number of amides is 2. The van der Waals surface area contributed by atoms with E-state index in [-0.39, 0.29) is 47.4 Å². The third-order valence-corrected chi connectivity index (χ3v) is 9.27. The predicted molar refractivity (Wildman–Crippen MR) is 119 cm³/mol. The summed E-state index contributed by atoms with van der Waals surface area (Å²) < 4.78 is 0.763. The van der Waals surface area contributed by atoms with Crippen molar-refractivity contribution in [3.8, 4) is 0 Å². The molecule has 0 saturated carbocycles. The summed E-state index contributed by atoms with van der Waals surface area (Å²) in [6.07, 6.45) is -0.260. The molecule has 0 bridgehead atoms. The number of β-lactam (4-membered cyclic amide) rings is 1. The normalized spacial score (nSPS) is 34.3. The molecule has 33 heavy (non-hydrogen) atoms. The third kappa shape index (κ3) is 4.29. The molecule has 0 radical (unpaired) electrons. The molecule has 0 aromatic carbocycles. The van der Waals surface area contributed by atoms with E-state index in [4.69, 9.17) is 0 Å². The number of aliphatic hydroxyl groups excluding tert-OH is 2. The van der Waals surface area contributed by atoms with Crippen molar-refractivity contribution >= 4 is 29.5 Å². The van der Waals surface area contributed by atoms with Crippen LogP contribution >= 0.6 is 11.8 Å². The Kier molecular flexibility index (Phi) is 6.81. The second-order valence-electron chi connectivity index (χ2n) is 10.0. The van der Waals surface area contributed by atoms with Crippen molar-refractivity contribution in [3.05, 3.63) is 10.6 Å². The van der Waals surface area contributed by atoms with Crippen molar-refractivity contribution < 1.29 is 34.2 Å². The van der Waals surface area contributed by atoms with Gasteiger partial charge in [0.15, 0.2) is 0 Å². The molecule has 4 aliphatic heterocycles. The molecular formula is C22H34N4O6S. The zero-order chi connectivity index (χ0) is 24.1. The SMILES string of the molecule is C[C@@H](O)[C@H]1C(=O)N2C(C(=O)[O-])=C(S[C@@H]3CN[C@H](C(=O)N4CC[N+](C)(CCO)CC4)C3)[C@H](C)[C@H]12. The first kappa shape index (κ1) is 24.5. The Morgan fingerprint density at radius 2 is 2.00 bits per heavy atom. The van der Waals surface area contributed by atoms with Crippen LogP contribution in [-0.2, 0) is 14.4 Å². The van der Waals surface area contributed by atoms with E-state index in [1.165, 1.54) is 16.7 Å². The topological polar surface area (TPSA) is 133 Å². The molecule has 11 heteroatoms. The number of aliphatic carboxylic acids is 1. The number of aliphatic hydroxyl groups is 2. The van der Waals surface area contributed by atoms with Gasteiger partial charge >= 0.3 is 0 Å². The maximum Gasteiger partial charge on any atom is 0.240 e. The number of thioether (sulfide) groups is 1. The van der Waals surface area contributed by atoms with E-state index in [0.29, 0.717) is 37.5 Å². The van der Waals surface area contributed by atoms with Crippen LogP contribution in [0, 0.1) is 11.8 Å². The fraction of sp³-hybridized carbons (Fsp3) is 0.773. The quantitative estimate of drug-likeness (QED) is 0.269. The number of hydrogen-bond donors (Lipinski definition) is 3. The smallest absolute Gasteiger partial charge is 0.240 e. The van der Waals surface area contributed by atoms with Crippen molar-refractivity contribution in [3.63, 3.8) is 0 Å². The number of fused-ring (bicyclic) bond motifs is 1. The largest absolute Gasteiger partial charge is 0.543 e. The lowest BCUT2D eigenvalue weighted by Crippen LogP contribution is -2.64. The first-order valence-electron chi connectivity index (χ1n) is 11.7. The number of piperazine rings is 1. The van der Waals surface area contributed by atoms with Gasteiger partial charge in [-0.15, -0.1) is 11.8 Å². The van der Waals surface area contributed by atoms with Gasteiger partial charge in [0, 0.05) is 22.6 Å². The summed E-state index contributed by atoms with van der Waals surface area (Å²) in [5.41, 5.74) is -0.0776. The van der Waals surface area contributed by atoms with E-state index in [0.717, 1.165) is 17.6 Å². The molecule has 0 aromatic heterocycles. The van der Waals surface area contributed by atoms with Crippen molar-refractivity contribution in [1.29, 1.82) is 0 Å². The molecule has 0 aliphatic carbocycles. The summed E-state index contributed by atoms with van der Waals surface area (Å²) >= 11 is 1.42. The molecule has 3 saturated heterocycles. The number of likely N-dealkylation sites (N-methyl/N-ethyl adjacent to an activating group) is 1. The Morgan fingerprint density at radius 3 is 2.58 bits per heavy atom. The molecule has 184 valence electrons. The van der Waals surface area contributed by atoms with Crippen molar-refractivity contribution in [2.45, 2.75) is 43.7 Å². The molecule has 4 rings (SSSR count). The number of quaternary nitrogens is 1. The van der Waals surface area contributed by atoms with Gasteiger partial charge in [0.1, 0.15) is 6.54 Å². The van der Waals surface area contributed by atoms with Crippen LogP contribution in [0.2, 0.25) is 0 Å². The molecule has 4 aliphatic rings. The van der Waals surface area contributed by atoms with E-state index in [2.05, 4.69) is 12.4 Å². The number of carboxylic acid groups (broad SMARTS) is 1. The van der Waals surface area contributed by atoms with E-state index in [9.17, 15) is 29.7 Å². The molecule has 0 aromatic rings. The van der Waals surface area contributed by atoms with Crippen LogP contribution in [0.15, 0.2) is 10.6 Å². The molecule has 0 unspecified atom stereocenters. The fourth-order valence-electron chi connectivity index (χ4n) is 5.68. The zero-order valence-corrected chi connectivity index (χ0v) is 20.2. The minimum Gasteiger partial charge on any atom is -0.543 e. The van der Waals surface area contributed by atoms with Crippen LogP contribution < -0.4 is 10.4 Å². The molecule has 3 fully saturated rings. The van der Waals surface area contributed by atoms with Crippen molar-refractivity contribution in [2.24, 2.45) is 11.8 Å². The van der Waals surface area contributed by atoms with Gasteiger partial charge in [-0.2, -0.15) is 0 Å². The fourth-order valence-corrected chi connectivity index (χ4v) is 7.16. The molecule has 6 atom stereocenters. The number of rotatable bonds is 7. The number of hydrogen-bond acceptors (Lipinski definition) is 8. The van der Waals surface area contributed by atoms with Crippen molar-refractivity contribution in [2.75, 3.05) is 52.9 Å². The Labute approximate surface area is 198 Å². The molecule has 4 heterocycles. The first-order valence-corrected chi connectivity index (χ1v) is 12.6. The minimum atomic E-state index is -1.37. The van der Waals surface area contributed by atoms with E-state index in [1.807, 2.05) is 11.8 Å². The summed E-state index contributed by atoms with van der Waals surface area (Å²) in [4.78, 5) is 41.2. The predicted octanol–water partition coefficient (Wildman–Crippen LogP) is -2.45. The number of nitrogens with zero attached hydrogens (tertiary/aromatic N) is 3. The van der Waals surface area contributed by atoms with Gasteiger partial charge in [0.2, 0.25) is 11.8 Å². The van der Waals surface area contributed by atoms with Gasteiger partial charge in [-0.05, 0) is 13.3 Å². The molecule has 10 nitrogen and oxygen atoms in total. The second kappa shape index (κ2) is 9.18. The summed E-state index contributed by atoms with van der Waals surface area (Å²) in [5, 5.41) is 34.4. The Hall–Kier alpha value is -1.66. The summed E-state index contributed by atoms with van der Waals surface area (Å²) in [7, 11) is 2.10. The molecule has 2 amide bonds. The number of carbonyl (C=O) groups excluding carboxylic acids is 3. The monoisotopic (exact) mass is 482 g/mol. The molecule has 0 spiro atoms. The van der Waals surface area contributed by atoms with Gasteiger partial charge in [-0.1, -0.05) is 6.92 Å². The highest BCUT2D eigenvalue weighted by Crippen LogP contribution is 2.51. The Bertz CT molecular complexity index is 856. The lowest BCUT2D eigenvalue weighted by atomic mass is 9.79. The van der Waals surface area contributed by atoms with Gasteiger partial charge < -0.3 is 39.7 Å². The second-order valence-corrected chi connectivity index (χ2v) is 11.4. The van der Waals surface area contributed by atoms with Gasteiger partial charge in [-0.3, -0.25) is 9.59 Å². The maximum atomic E-state index is 13.1. The minimum absolute atomic E-state index is 0.00442. The summed E-state index contributed by atoms with van der Waals surface area (Å²) in [5.74, 6) is -2.49. The van der Waals surface area contributed by atoms with Crippen LogP contribution in [0.25, 0.3) is 0 Å². The Morgan fingerprint density at radius 1 is 1.33 bits per heavy atom. The van der Waals surface area contributed by atoms with Crippen LogP contribution in [0.3, 0.4) is 0 Å². The average Bonchev–Trinajstić information content (AvgIpc) is 3.30. The zero-order valence-electron chi connectivity index (χ0n) is 19.4. The highest BCUT2D eigenvalue weighted by molar-refractivity contribution is 8.03. The number of carboxylic acids is 1. The van der Waals surface area contributed by atoms with E-state index in [1.54, 1.807) is 6.92 Å². The maximum absolute atomic E-state index is 13.1. The lowest BCUT2D eigenvalue weighted by Gasteiger charge is -2.47. The standard InChI is InChI=1S/C22H34N4O6S/c1-12-17-16(13(2)28)21(30)25(17)18(22(31)32)19(12)33-14-10-15(23-11-14)20(29)24-4-6-26(3,7-5-24)8-9-27/h12-17,23,27-28H,4-11H2,1-3H3/t12-,13-,14+,15+,16-,17-/m1/s1. The third-order valence-electron chi connectivity index (χ3n) is 7.76. The van der Waals surface area contributed by atoms with Crippen LogP contribution in [-0.4, -0.2) is 119 Å². The molecular weight excluding hydrogens is 448 g/mol. The summed E-state index contributed by atoms with van der Waals surface area (Å²) in [6, 6.07) is -0.677. The lowest BCUT2D eigenvalue weighted by molar-refractivity contribution is -0.913.